The first-order valence-electron chi connectivity index (χ1n) is 6.31. The van der Waals surface area contributed by atoms with Gasteiger partial charge >= 0.3 is 0 Å². The van der Waals surface area contributed by atoms with Crippen molar-refractivity contribution in [1.29, 1.82) is 0 Å². The standard InChI is InChI=1S/C14H19ClFNS/c1-4-7-17-13-9-5-6-11(16)12(15)10(9)8-18-14(13,2)3/h5-6,13,17H,4,7-8H2,1-3H3. The smallest absolute Gasteiger partial charge is 0.142 e. The molecule has 4 heteroatoms. The summed E-state index contributed by atoms with van der Waals surface area (Å²) >= 11 is 7.92. The summed E-state index contributed by atoms with van der Waals surface area (Å²) in [6, 6.07) is 3.59. The van der Waals surface area contributed by atoms with Crippen molar-refractivity contribution >= 4 is 23.4 Å². The molecule has 1 atom stereocenters. The summed E-state index contributed by atoms with van der Waals surface area (Å²) in [6.07, 6.45) is 1.08. The molecule has 1 nitrogen and oxygen atoms in total. The molecule has 2 rings (SSSR count). The van der Waals surface area contributed by atoms with E-state index in [1.165, 1.54) is 6.07 Å². The van der Waals surface area contributed by atoms with Crippen molar-refractivity contribution in [3.8, 4) is 0 Å². The van der Waals surface area contributed by atoms with Crippen molar-refractivity contribution < 1.29 is 4.39 Å². The Bertz CT molecular complexity index is 448. The molecule has 100 valence electrons. The second kappa shape index (κ2) is 5.40. The number of hydrogen-bond acceptors (Lipinski definition) is 2. The van der Waals surface area contributed by atoms with E-state index in [9.17, 15) is 4.39 Å². The molecule has 0 amide bonds. The molecule has 0 bridgehead atoms. The molecule has 0 saturated carbocycles. The van der Waals surface area contributed by atoms with E-state index in [4.69, 9.17) is 11.6 Å². The lowest BCUT2D eigenvalue weighted by atomic mass is 9.91. The Morgan fingerprint density at radius 1 is 1.50 bits per heavy atom. The summed E-state index contributed by atoms with van der Waals surface area (Å²) in [4.78, 5) is 0. The van der Waals surface area contributed by atoms with E-state index >= 15 is 0 Å². The minimum atomic E-state index is -0.315. The fourth-order valence-corrected chi connectivity index (χ4v) is 3.91. The van der Waals surface area contributed by atoms with Crippen LogP contribution in [0.5, 0.6) is 0 Å². The summed E-state index contributed by atoms with van der Waals surface area (Å²) in [5.74, 6) is 0.466. The van der Waals surface area contributed by atoms with Gasteiger partial charge in [-0.15, -0.1) is 11.8 Å². The predicted molar refractivity (Wildman–Crippen MR) is 77.8 cm³/mol. The zero-order valence-electron chi connectivity index (χ0n) is 11.0. The Hall–Kier alpha value is -0.250. The molecule has 1 heterocycles. The van der Waals surface area contributed by atoms with Gasteiger partial charge in [0.15, 0.2) is 0 Å². The molecule has 1 aromatic carbocycles. The van der Waals surface area contributed by atoms with E-state index in [1.807, 2.05) is 17.8 Å². The monoisotopic (exact) mass is 287 g/mol. The molecule has 1 aliphatic rings. The van der Waals surface area contributed by atoms with Crippen LogP contribution in [0.15, 0.2) is 12.1 Å². The van der Waals surface area contributed by atoms with Crippen molar-refractivity contribution in [2.45, 2.75) is 43.7 Å². The van der Waals surface area contributed by atoms with Crippen LogP contribution in [-0.4, -0.2) is 11.3 Å². The predicted octanol–water partition coefficient (Wildman–Crippen LogP) is 4.55. The maximum absolute atomic E-state index is 13.5. The van der Waals surface area contributed by atoms with Gasteiger partial charge in [0, 0.05) is 16.5 Å². The molecule has 0 spiro atoms. The highest BCUT2D eigenvalue weighted by Gasteiger charge is 2.37. The van der Waals surface area contributed by atoms with Gasteiger partial charge in [-0.25, -0.2) is 4.39 Å². The van der Waals surface area contributed by atoms with Gasteiger partial charge in [-0.2, -0.15) is 0 Å². The highest BCUT2D eigenvalue weighted by atomic mass is 35.5. The van der Waals surface area contributed by atoms with Gasteiger partial charge in [0.25, 0.3) is 0 Å². The third-order valence-electron chi connectivity index (χ3n) is 3.43. The fraction of sp³-hybridized carbons (Fsp3) is 0.571. The maximum Gasteiger partial charge on any atom is 0.142 e. The molecule has 1 N–H and O–H groups in total. The van der Waals surface area contributed by atoms with Gasteiger partial charge in [0.2, 0.25) is 0 Å². The Kier molecular flexibility index (Phi) is 4.25. The quantitative estimate of drug-likeness (QED) is 0.875. The molecule has 1 unspecified atom stereocenters. The number of fused-ring (bicyclic) bond motifs is 1. The average Bonchev–Trinajstić information content (AvgIpc) is 2.32. The van der Waals surface area contributed by atoms with Crippen molar-refractivity contribution in [1.82, 2.24) is 5.32 Å². The van der Waals surface area contributed by atoms with Crippen molar-refractivity contribution in [2.75, 3.05) is 6.54 Å². The molecule has 1 aliphatic heterocycles. The maximum atomic E-state index is 13.5. The third kappa shape index (κ3) is 2.54. The molecule has 0 radical (unpaired) electrons. The molecule has 18 heavy (non-hydrogen) atoms. The first-order valence-corrected chi connectivity index (χ1v) is 7.68. The van der Waals surface area contributed by atoms with E-state index in [2.05, 4.69) is 26.1 Å². The largest absolute Gasteiger partial charge is 0.309 e. The van der Waals surface area contributed by atoms with Gasteiger partial charge in [0.05, 0.1) is 5.02 Å². The SMILES string of the molecule is CCCNC1c2ccc(F)c(Cl)c2CSC1(C)C. The topological polar surface area (TPSA) is 12.0 Å². The van der Waals surface area contributed by atoms with Crippen molar-refractivity contribution in [3.63, 3.8) is 0 Å². The molecule has 0 saturated heterocycles. The lowest BCUT2D eigenvalue weighted by molar-refractivity contribution is 0.438. The normalized spacial score (nSPS) is 21.7. The zero-order valence-corrected chi connectivity index (χ0v) is 12.6. The van der Waals surface area contributed by atoms with Crippen LogP contribution in [0, 0.1) is 5.82 Å². The Balaban J connectivity index is 2.42. The number of nitrogens with one attached hydrogen (secondary N) is 1. The second-order valence-corrected chi connectivity index (χ2v) is 7.22. The van der Waals surface area contributed by atoms with Gasteiger partial charge in [-0.05, 0) is 44.0 Å². The number of rotatable bonds is 3. The van der Waals surface area contributed by atoms with E-state index in [0.29, 0.717) is 5.02 Å². The van der Waals surface area contributed by atoms with Crippen molar-refractivity contribution in [3.05, 3.63) is 34.1 Å². The number of hydrogen-bond donors (Lipinski definition) is 1. The van der Waals surface area contributed by atoms with Crippen LogP contribution < -0.4 is 5.32 Å². The van der Waals surface area contributed by atoms with Crippen LogP contribution in [0.2, 0.25) is 5.02 Å². The van der Waals surface area contributed by atoms with Gasteiger partial charge in [0.1, 0.15) is 5.82 Å². The first-order chi connectivity index (χ1) is 8.47. The fourth-order valence-electron chi connectivity index (χ4n) is 2.39. The van der Waals surface area contributed by atoms with E-state index in [0.717, 1.165) is 29.8 Å². The van der Waals surface area contributed by atoms with Gasteiger partial charge in [-0.1, -0.05) is 24.6 Å². The highest BCUT2D eigenvalue weighted by Crippen LogP contribution is 2.47. The van der Waals surface area contributed by atoms with Gasteiger partial charge < -0.3 is 5.32 Å². The number of benzene rings is 1. The summed E-state index contributed by atoms with van der Waals surface area (Å²) in [7, 11) is 0. The molecule has 0 aromatic heterocycles. The minimum Gasteiger partial charge on any atom is -0.309 e. The lowest BCUT2D eigenvalue weighted by Crippen LogP contribution is -2.40. The van der Waals surface area contributed by atoms with Crippen molar-refractivity contribution in [2.24, 2.45) is 0 Å². The van der Waals surface area contributed by atoms with Crippen LogP contribution in [0.4, 0.5) is 4.39 Å². The minimum absolute atomic E-state index is 0.101. The molecular weight excluding hydrogens is 269 g/mol. The van der Waals surface area contributed by atoms with E-state index in [1.54, 1.807) is 0 Å². The zero-order chi connectivity index (χ0) is 13.3. The molecular formula is C14H19ClFNS. The lowest BCUT2D eigenvalue weighted by Gasteiger charge is -2.40. The average molecular weight is 288 g/mol. The van der Waals surface area contributed by atoms with Crippen LogP contribution in [-0.2, 0) is 5.75 Å². The summed E-state index contributed by atoms with van der Waals surface area (Å²) in [5.41, 5.74) is 2.10. The third-order valence-corrected chi connectivity index (χ3v) is 5.25. The summed E-state index contributed by atoms with van der Waals surface area (Å²) < 4.78 is 13.6. The number of halogens is 2. The first kappa shape index (κ1) is 14.2. The second-order valence-electron chi connectivity index (χ2n) is 5.21. The Morgan fingerprint density at radius 3 is 2.89 bits per heavy atom. The Labute approximate surface area is 117 Å². The number of thioether (sulfide) groups is 1. The molecule has 0 fully saturated rings. The van der Waals surface area contributed by atoms with Crippen LogP contribution >= 0.6 is 23.4 Å². The van der Waals surface area contributed by atoms with E-state index < -0.39 is 0 Å². The van der Waals surface area contributed by atoms with Crippen LogP contribution in [0.1, 0.15) is 44.4 Å². The molecule has 0 aliphatic carbocycles. The van der Waals surface area contributed by atoms with E-state index in [-0.39, 0.29) is 16.6 Å². The summed E-state index contributed by atoms with van der Waals surface area (Å²) in [6.45, 7) is 7.56. The Morgan fingerprint density at radius 2 is 2.22 bits per heavy atom. The highest BCUT2D eigenvalue weighted by molar-refractivity contribution is 8.00. The summed E-state index contributed by atoms with van der Waals surface area (Å²) in [5, 5.41) is 3.85. The van der Waals surface area contributed by atoms with Crippen LogP contribution in [0.25, 0.3) is 0 Å². The van der Waals surface area contributed by atoms with Crippen LogP contribution in [0.3, 0.4) is 0 Å². The van der Waals surface area contributed by atoms with Gasteiger partial charge in [-0.3, -0.25) is 0 Å². The molecule has 1 aromatic rings.